The summed E-state index contributed by atoms with van der Waals surface area (Å²) in [5.41, 5.74) is 3.42. The molecule has 3 rings (SSSR count). The summed E-state index contributed by atoms with van der Waals surface area (Å²) in [6, 6.07) is 13.1. The van der Waals surface area contributed by atoms with Crippen molar-refractivity contribution in [2.75, 3.05) is 23.4 Å². The maximum absolute atomic E-state index is 12.4. The van der Waals surface area contributed by atoms with Gasteiger partial charge in [0.2, 0.25) is 5.91 Å². The highest BCUT2D eigenvalue weighted by atomic mass is 79.9. The molecule has 152 valence electrons. The number of rotatable bonds is 6. The third-order valence-electron chi connectivity index (χ3n) is 4.90. The van der Waals surface area contributed by atoms with Crippen molar-refractivity contribution in [3.8, 4) is 0 Å². The molecule has 1 N–H and O–H groups in total. The fourth-order valence-corrected chi connectivity index (χ4v) is 4.04. The lowest BCUT2D eigenvalue weighted by atomic mass is 10.1. The monoisotopic (exact) mass is 458 g/mol. The number of carbonyl (C=O) groups is 3. The van der Waals surface area contributed by atoms with Gasteiger partial charge in [0.15, 0.2) is 6.61 Å². The van der Waals surface area contributed by atoms with Crippen molar-refractivity contribution in [1.82, 2.24) is 0 Å². The van der Waals surface area contributed by atoms with Gasteiger partial charge in [0.25, 0.3) is 5.91 Å². The fraction of sp³-hybridized carbons (Fsp3) is 0.318. The van der Waals surface area contributed by atoms with Crippen molar-refractivity contribution in [3.05, 3.63) is 58.1 Å². The van der Waals surface area contributed by atoms with Crippen LogP contribution in [0.3, 0.4) is 0 Å². The first kappa shape index (κ1) is 21.0. The van der Waals surface area contributed by atoms with Crippen LogP contribution in [0.15, 0.2) is 46.9 Å². The third-order valence-corrected chi connectivity index (χ3v) is 5.36. The summed E-state index contributed by atoms with van der Waals surface area (Å²) in [6.07, 6.45) is 0.844. The molecule has 0 radical (unpaired) electrons. The van der Waals surface area contributed by atoms with Crippen LogP contribution < -0.4 is 10.2 Å². The number of halogens is 1. The summed E-state index contributed by atoms with van der Waals surface area (Å²) >= 11 is 3.45. The van der Waals surface area contributed by atoms with Gasteiger partial charge in [0, 0.05) is 28.8 Å². The molecule has 29 heavy (non-hydrogen) atoms. The van der Waals surface area contributed by atoms with E-state index in [1.807, 2.05) is 56.3 Å². The van der Waals surface area contributed by atoms with Gasteiger partial charge in [0.1, 0.15) is 0 Å². The molecule has 1 atom stereocenters. The Labute approximate surface area is 178 Å². The Bertz CT molecular complexity index is 930. The topological polar surface area (TPSA) is 75.7 Å². The second kappa shape index (κ2) is 9.22. The molecule has 0 unspecified atom stereocenters. The average molecular weight is 459 g/mol. The van der Waals surface area contributed by atoms with Crippen LogP contribution in [-0.4, -0.2) is 30.9 Å². The number of hydrogen-bond acceptors (Lipinski definition) is 4. The second-order valence-corrected chi connectivity index (χ2v) is 7.92. The number of amides is 2. The molecule has 0 aromatic heterocycles. The Morgan fingerprint density at radius 2 is 1.97 bits per heavy atom. The van der Waals surface area contributed by atoms with Gasteiger partial charge in [-0.1, -0.05) is 41.1 Å². The highest BCUT2D eigenvalue weighted by Crippen LogP contribution is 2.27. The smallest absolute Gasteiger partial charge is 0.311 e. The van der Waals surface area contributed by atoms with E-state index in [1.54, 1.807) is 4.90 Å². The van der Waals surface area contributed by atoms with Crippen molar-refractivity contribution in [3.63, 3.8) is 0 Å². The summed E-state index contributed by atoms with van der Waals surface area (Å²) < 4.78 is 6.14. The van der Waals surface area contributed by atoms with Crippen LogP contribution in [0, 0.1) is 12.8 Å². The number of benzene rings is 2. The zero-order valence-electron chi connectivity index (χ0n) is 16.4. The lowest BCUT2D eigenvalue weighted by molar-refractivity contribution is -0.151. The van der Waals surface area contributed by atoms with Crippen molar-refractivity contribution < 1.29 is 19.1 Å². The van der Waals surface area contributed by atoms with Gasteiger partial charge < -0.3 is 15.0 Å². The average Bonchev–Trinajstić information content (AvgIpc) is 3.10. The fourth-order valence-electron chi connectivity index (χ4n) is 3.42. The number of aryl methyl sites for hydroxylation is 2. The first-order valence-electron chi connectivity index (χ1n) is 9.50. The van der Waals surface area contributed by atoms with Crippen molar-refractivity contribution in [2.45, 2.75) is 26.7 Å². The second-order valence-electron chi connectivity index (χ2n) is 7.01. The standard InChI is InChI=1S/C22H23BrN2O4/c1-3-15-10-17(23)9-14(2)21(15)24-19(26)13-29-22(28)16-11-20(27)25(12-16)18-7-5-4-6-8-18/h4-10,16H,3,11-13H2,1-2H3,(H,24,26)/t16-/m1/s1. The predicted molar refractivity (Wildman–Crippen MR) is 115 cm³/mol. The van der Waals surface area contributed by atoms with Crippen LogP contribution in [0.4, 0.5) is 11.4 Å². The van der Waals surface area contributed by atoms with E-state index in [0.717, 1.165) is 33.4 Å². The molecular weight excluding hydrogens is 436 g/mol. The molecule has 0 bridgehead atoms. The van der Waals surface area contributed by atoms with Crippen LogP contribution in [0.2, 0.25) is 0 Å². The van der Waals surface area contributed by atoms with Gasteiger partial charge in [-0.2, -0.15) is 0 Å². The first-order chi connectivity index (χ1) is 13.9. The molecular formula is C22H23BrN2O4. The summed E-state index contributed by atoms with van der Waals surface area (Å²) in [6.45, 7) is 3.79. The van der Waals surface area contributed by atoms with Crippen LogP contribution in [0.25, 0.3) is 0 Å². The van der Waals surface area contributed by atoms with E-state index in [-0.39, 0.29) is 25.5 Å². The largest absolute Gasteiger partial charge is 0.455 e. The number of esters is 1. The van der Waals surface area contributed by atoms with E-state index >= 15 is 0 Å². The molecule has 0 saturated carbocycles. The lowest BCUT2D eigenvalue weighted by Crippen LogP contribution is -2.28. The van der Waals surface area contributed by atoms with Gasteiger partial charge in [0.05, 0.1) is 5.92 Å². The highest BCUT2D eigenvalue weighted by molar-refractivity contribution is 9.10. The Balaban J connectivity index is 1.56. The zero-order chi connectivity index (χ0) is 21.0. The molecule has 1 aliphatic rings. The van der Waals surface area contributed by atoms with Gasteiger partial charge in [-0.3, -0.25) is 14.4 Å². The van der Waals surface area contributed by atoms with E-state index in [2.05, 4.69) is 21.2 Å². The minimum absolute atomic E-state index is 0.0845. The molecule has 1 fully saturated rings. The van der Waals surface area contributed by atoms with Crippen LogP contribution in [0.1, 0.15) is 24.5 Å². The van der Waals surface area contributed by atoms with Crippen LogP contribution in [0.5, 0.6) is 0 Å². The lowest BCUT2D eigenvalue weighted by Gasteiger charge is -2.16. The summed E-state index contributed by atoms with van der Waals surface area (Å²) in [5.74, 6) is -1.63. The number of anilines is 2. The van der Waals surface area contributed by atoms with Gasteiger partial charge in [-0.05, 0) is 48.7 Å². The Morgan fingerprint density at radius 3 is 2.66 bits per heavy atom. The molecule has 0 aliphatic carbocycles. The van der Waals surface area contributed by atoms with Gasteiger partial charge in [-0.25, -0.2) is 0 Å². The summed E-state index contributed by atoms with van der Waals surface area (Å²) in [5, 5.41) is 2.83. The Hall–Kier alpha value is -2.67. The maximum Gasteiger partial charge on any atom is 0.311 e. The third kappa shape index (κ3) is 5.03. The zero-order valence-corrected chi connectivity index (χ0v) is 18.0. The van der Waals surface area contributed by atoms with Crippen LogP contribution in [-0.2, 0) is 25.5 Å². The molecule has 2 aromatic rings. The predicted octanol–water partition coefficient (Wildman–Crippen LogP) is 3.85. The summed E-state index contributed by atoms with van der Waals surface area (Å²) in [4.78, 5) is 38.5. The number of hydrogen-bond donors (Lipinski definition) is 1. The highest BCUT2D eigenvalue weighted by Gasteiger charge is 2.36. The normalized spacial score (nSPS) is 16.0. The molecule has 2 amide bonds. The number of nitrogens with one attached hydrogen (secondary N) is 1. The molecule has 1 saturated heterocycles. The van der Waals surface area contributed by atoms with E-state index in [0.29, 0.717) is 0 Å². The molecule has 7 heteroatoms. The van der Waals surface area contributed by atoms with Crippen molar-refractivity contribution in [1.29, 1.82) is 0 Å². The van der Waals surface area contributed by atoms with Crippen molar-refractivity contribution >= 4 is 45.1 Å². The number of carbonyl (C=O) groups excluding carboxylic acids is 3. The first-order valence-corrected chi connectivity index (χ1v) is 10.3. The van der Waals surface area contributed by atoms with E-state index in [1.165, 1.54) is 0 Å². The van der Waals surface area contributed by atoms with Gasteiger partial charge in [-0.15, -0.1) is 0 Å². The number of para-hydroxylation sites is 1. The Morgan fingerprint density at radius 1 is 1.24 bits per heavy atom. The molecule has 1 heterocycles. The maximum atomic E-state index is 12.4. The molecule has 2 aromatic carbocycles. The number of nitrogens with zero attached hydrogens (tertiary/aromatic N) is 1. The summed E-state index contributed by atoms with van der Waals surface area (Å²) in [7, 11) is 0. The molecule has 1 aliphatic heterocycles. The quantitative estimate of drug-likeness (QED) is 0.666. The van der Waals surface area contributed by atoms with Gasteiger partial charge >= 0.3 is 5.97 Å². The SMILES string of the molecule is CCc1cc(Br)cc(C)c1NC(=O)COC(=O)[C@@H]1CC(=O)N(c2ccccc2)C1. The minimum atomic E-state index is -0.573. The minimum Gasteiger partial charge on any atom is -0.455 e. The van der Waals surface area contributed by atoms with Crippen molar-refractivity contribution in [2.24, 2.45) is 5.92 Å². The molecule has 0 spiro atoms. The van der Waals surface area contributed by atoms with E-state index < -0.39 is 17.8 Å². The Kier molecular flexibility index (Phi) is 6.69. The number of ether oxygens (including phenoxy) is 1. The van der Waals surface area contributed by atoms with E-state index in [9.17, 15) is 14.4 Å². The van der Waals surface area contributed by atoms with Crippen LogP contribution >= 0.6 is 15.9 Å². The van der Waals surface area contributed by atoms with E-state index in [4.69, 9.17) is 4.74 Å². The molecule has 6 nitrogen and oxygen atoms in total.